The Morgan fingerprint density at radius 2 is 2.83 bits per heavy atom. The van der Waals surface area contributed by atoms with Gasteiger partial charge in [0, 0.05) is 12.0 Å². The second kappa shape index (κ2) is 1.62. The molecule has 0 bridgehead atoms. The number of hydrogen-bond acceptors (Lipinski definition) is 3. The molecule has 2 nitrogen and oxygen atoms in total. The zero-order chi connectivity index (χ0) is 4.41. The van der Waals surface area contributed by atoms with E-state index in [1.807, 2.05) is 0 Å². The second-order valence-electron chi connectivity index (χ2n) is 1.21. The molecule has 3 heteroatoms. The molecule has 0 aromatic rings. The van der Waals surface area contributed by atoms with Gasteiger partial charge in [0.25, 0.3) is 0 Å². The summed E-state index contributed by atoms with van der Waals surface area (Å²) >= 11 is 1.53. The first-order chi connectivity index (χ1) is 2.89. The lowest BCUT2D eigenvalue weighted by Crippen LogP contribution is -2.20. The third-order valence-corrected chi connectivity index (χ3v) is 1.40. The minimum absolute atomic E-state index is 0.218. The highest BCUT2D eigenvalue weighted by Crippen LogP contribution is 2.07. The van der Waals surface area contributed by atoms with E-state index in [1.54, 1.807) is 6.21 Å². The lowest BCUT2D eigenvalue weighted by Gasteiger charge is -1.86. The van der Waals surface area contributed by atoms with Gasteiger partial charge in [0.05, 0.1) is 6.04 Å². The quantitative estimate of drug-likeness (QED) is 0.439. The Labute approximate surface area is 41.0 Å². The second-order valence-corrected chi connectivity index (χ2v) is 2.02. The van der Waals surface area contributed by atoms with Crippen LogP contribution in [0.4, 0.5) is 0 Å². The van der Waals surface area contributed by atoms with Crippen LogP contribution in [0.2, 0.25) is 0 Å². The Hall–Kier alpha value is -0.0200. The van der Waals surface area contributed by atoms with Crippen LogP contribution in [0.5, 0.6) is 0 Å². The van der Waals surface area contributed by atoms with Crippen molar-refractivity contribution in [2.45, 2.75) is 6.04 Å². The monoisotopic (exact) mass is 102 g/mol. The lowest BCUT2D eigenvalue weighted by molar-refractivity contribution is 1.03. The molecule has 0 aromatic carbocycles. The van der Waals surface area contributed by atoms with Crippen LogP contribution in [0.1, 0.15) is 0 Å². The summed E-state index contributed by atoms with van der Waals surface area (Å²) in [5, 5.41) is 0. The average Bonchev–Trinajstić information content (AvgIpc) is 1.86. The van der Waals surface area contributed by atoms with Crippen LogP contribution in [0.15, 0.2) is 4.40 Å². The van der Waals surface area contributed by atoms with Gasteiger partial charge in [-0.05, 0) is 11.9 Å². The highest BCUT2D eigenvalue weighted by Gasteiger charge is 2.01. The maximum Gasteiger partial charge on any atom is 0.0516 e. The molecule has 1 atom stereocenters. The molecule has 0 amide bonds. The van der Waals surface area contributed by atoms with Crippen molar-refractivity contribution in [2.24, 2.45) is 10.1 Å². The van der Waals surface area contributed by atoms with E-state index in [0.717, 1.165) is 5.75 Å². The van der Waals surface area contributed by atoms with Crippen molar-refractivity contribution >= 4 is 18.2 Å². The van der Waals surface area contributed by atoms with Crippen LogP contribution in [0.3, 0.4) is 0 Å². The van der Waals surface area contributed by atoms with Gasteiger partial charge in [-0.3, -0.25) is 0 Å². The first-order valence-corrected chi connectivity index (χ1v) is 2.75. The van der Waals surface area contributed by atoms with Gasteiger partial charge in [-0.2, -0.15) is 0 Å². The fourth-order valence-corrected chi connectivity index (χ4v) is 0.880. The number of nitrogens with zero attached hydrogens (tertiary/aromatic N) is 1. The smallest absolute Gasteiger partial charge is 0.0516 e. The summed E-state index contributed by atoms with van der Waals surface area (Å²) < 4.78 is 3.83. The standard InChI is InChI=1S/C3H6N2S/c4-3-1-5-6-2-3/h1,3H,2,4H2. The zero-order valence-electron chi connectivity index (χ0n) is 3.29. The third kappa shape index (κ3) is 0.725. The summed E-state index contributed by atoms with van der Waals surface area (Å²) in [7, 11) is 0. The molecule has 0 spiro atoms. The van der Waals surface area contributed by atoms with Gasteiger partial charge in [-0.1, -0.05) is 0 Å². The van der Waals surface area contributed by atoms with Crippen molar-refractivity contribution in [1.29, 1.82) is 0 Å². The van der Waals surface area contributed by atoms with E-state index >= 15 is 0 Å². The van der Waals surface area contributed by atoms with Crippen LogP contribution < -0.4 is 5.73 Å². The third-order valence-electron chi connectivity index (χ3n) is 0.594. The van der Waals surface area contributed by atoms with Crippen LogP contribution in [0, 0.1) is 0 Å². The van der Waals surface area contributed by atoms with E-state index < -0.39 is 0 Å². The fourth-order valence-electron chi connectivity index (χ4n) is 0.293. The molecular weight excluding hydrogens is 96.1 g/mol. The summed E-state index contributed by atoms with van der Waals surface area (Å²) in [4.78, 5) is 0. The molecule has 1 aliphatic heterocycles. The number of nitrogens with two attached hydrogens (primary N) is 1. The van der Waals surface area contributed by atoms with Crippen molar-refractivity contribution in [3.05, 3.63) is 0 Å². The SMILES string of the molecule is NC1C=NSC1. The van der Waals surface area contributed by atoms with Crippen LogP contribution in [-0.4, -0.2) is 18.0 Å². The largest absolute Gasteiger partial charge is 0.322 e. The topological polar surface area (TPSA) is 38.4 Å². The van der Waals surface area contributed by atoms with Crippen molar-refractivity contribution < 1.29 is 0 Å². The van der Waals surface area contributed by atoms with Crippen molar-refractivity contribution in [1.82, 2.24) is 0 Å². The average molecular weight is 102 g/mol. The molecule has 0 fully saturated rings. The lowest BCUT2D eigenvalue weighted by atomic mass is 10.4. The molecule has 1 aliphatic rings. The summed E-state index contributed by atoms with van der Waals surface area (Å²) in [5.74, 6) is 0.958. The summed E-state index contributed by atoms with van der Waals surface area (Å²) in [6.07, 6.45) is 1.77. The van der Waals surface area contributed by atoms with Gasteiger partial charge in [-0.25, -0.2) is 4.40 Å². The zero-order valence-corrected chi connectivity index (χ0v) is 4.11. The number of rotatable bonds is 0. The minimum atomic E-state index is 0.218. The Morgan fingerprint density at radius 1 is 2.00 bits per heavy atom. The Kier molecular flexibility index (Phi) is 1.12. The van der Waals surface area contributed by atoms with E-state index in [1.165, 1.54) is 11.9 Å². The predicted octanol–water partition coefficient (Wildman–Crippen LogP) is 0.0463. The Balaban J connectivity index is 2.38. The van der Waals surface area contributed by atoms with E-state index in [-0.39, 0.29) is 6.04 Å². The molecule has 1 unspecified atom stereocenters. The first-order valence-electron chi connectivity index (χ1n) is 1.80. The van der Waals surface area contributed by atoms with Crippen LogP contribution in [-0.2, 0) is 0 Å². The minimum Gasteiger partial charge on any atom is -0.322 e. The molecule has 0 aliphatic carbocycles. The summed E-state index contributed by atoms with van der Waals surface area (Å²) in [5.41, 5.74) is 5.36. The van der Waals surface area contributed by atoms with Crippen molar-refractivity contribution in [2.75, 3.05) is 5.75 Å². The van der Waals surface area contributed by atoms with Gasteiger partial charge in [-0.15, -0.1) is 0 Å². The molecule has 1 rings (SSSR count). The van der Waals surface area contributed by atoms with Gasteiger partial charge in [0.15, 0.2) is 0 Å². The van der Waals surface area contributed by atoms with Gasteiger partial charge in [0.2, 0.25) is 0 Å². The molecule has 0 aromatic heterocycles. The Morgan fingerprint density at radius 3 is 3.00 bits per heavy atom. The molecular formula is C3H6N2S. The highest BCUT2D eigenvalue weighted by atomic mass is 32.2. The highest BCUT2D eigenvalue weighted by molar-refractivity contribution is 7.98. The van der Waals surface area contributed by atoms with E-state index in [0.29, 0.717) is 0 Å². The van der Waals surface area contributed by atoms with E-state index in [9.17, 15) is 0 Å². The van der Waals surface area contributed by atoms with Gasteiger partial charge in [0.1, 0.15) is 0 Å². The van der Waals surface area contributed by atoms with Crippen LogP contribution in [0.25, 0.3) is 0 Å². The molecule has 0 radical (unpaired) electrons. The van der Waals surface area contributed by atoms with Crippen molar-refractivity contribution in [3.8, 4) is 0 Å². The maximum atomic E-state index is 5.36. The summed E-state index contributed by atoms with van der Waals surface area (Å²) in [6, 6.07) is 0.218. The number of hydrogen-bond donors (Lipinski definition) is 1. The van der Waals surface area contributed by atoms with E-state index in [4.69, 9.17) is 5.73 Å². The molecule has 2 N–H and O–H groups in total. The maximum absolute atomic E-state index is 5.36. The van der Waals surface area contributed by atoms with Gasteiger partial charge < -0.3 is 5.73 Å². The molecule has 6 heavy (non-hydrogen) atoms. The van der Waals surface area contributed by atoms with Crippen LogP contribution >= 0.6 is 11.9 Å². The molecule has 34 valence electrons. The fraction of sp³-hybridized carbons (Fsp3) is 0.667. The van der Waals surface area contributed by atoms with Crippen molar-refractivity contribution in [3.63, 3.8) is 0 Å². The Bertz CT molecular complexity index is 71.2. The summed E-state index contributed by atoms with van der Waals surface area (Å²) in [6.45, 7) is 0. The first kappa shape index (κ1) is 4.15. The van der Waals surface area contributed by atoms with Gasteiger partial charge >= 0.3 is 0 Å². The predicted molar refractivity (Wildman–Crippen MR) is 28.9 cm³/mol. The molecule has 1 heterocycles. The normalized spacial score (nSPS) is 31.8. The van der Waals surface area contributed by atoms with E-state index in [2.05, 4.69) is 4.40 Å². The molecule has 0 saturated heterocycles. The molecule has 0 saturated carbocycles.